The van der Waals surface area contributed by atoms with E-state index in [2.05, 4.69) is 25.6 Å². The maximum atomic E-state index is 5.90. The zero-order valence-electron chi connectivity index (χ0n) is 14.4. The highest BCUT2D eigenvalue weighted by Crippen LogP contribution is 2.26. The van der Waals surface area contributed by atoms with E-state index in [-0.39, 0.29) is 0 Å². The molecule has 0 heterocycles. The van der Waals surface area contributed by atoms with Gasteiger partial charge in [-0.3, -0.25) is 0 Å². The van der Waals surface area contributed by atoms with Crippen molar-refractivity contribution in [2.45, 2.75) is 32.6 Å². The van der Waals surface area contributed by atoms with Crippen LogP contribution in [0.2, 0.25) is 5.02 Å². The maximum absolute atomic E-state index is 5.90. The van der Waals surface area contributed by atoms with Crippen molar-refractivity contribution in [3.8, 4) is 5.75 Å². The molecule has 0 radical (unpaired) electrons. The van der Waals surface area contributed by atoms with E-state index in [1.807, 2.05) is 43.3 Å². The number of allylic oxidation sites excluding steroid dienone is 1. The zero-order chi connectivity index (χ0) is 17.4. The molecule has 2 aromatic rings. The number of hydrogen-bond donors (Lipinski definition) is 0. The van der Waals surface area contributed by atoms with Crippen molar-refractivity contribution in [3.05, 3.63) is 77.0 Å². The summed E-state index contributed by atoms with van der Waals surface area (Å²) in [6.45, 7) is 9.42. The van der Waals surface area contributed by atoms with Crippen molar-refractivity contribution in [2.75, 3.05) is 13.2 Å². The maximum Gasteiger partial charge on any atom is 0.119 e. The fraction of sp³-hybridized carbons (Fsp3) is 0.333. The monoisotopic (exact) mass is 344 g/mol. The lowest BCUT2D eigenvalue weighted by Gasteiger charge is -2.15. The summed E-state index contributed by atoms with van der Waals surface area (Å²) in [5, 5.41) is 0.759. The second-order valence-electron chi connectivity index (χ2n) is 5.87. The number of rotatable bonds is 9. The topological polar surface area (TPSA) is 18.5 Å². The van der Waals surface area contributed by atoms with Crippen LogP contribution in [0.5, 0.6) is 5.75 Å². The van der Waals surface area contributed by atoms with Crippen molar-refractivity contribution in [1.29, 1.82) is 0 Å². The molecular weight excluding hydrogens is 320 g/mol. The van der Waals surface area contributed by atoms with E-state index in [0.717, 1.165) is 29.4 Å². The largest absolute Gasteiger partial charge is 0.499 e. The Morgan fingerprint density at radius 2 is 1.92 bits per heavy atom. The Morgan fingerprint density at radius 1 is 1.17 bits per heavy atom. The smallest absolute Gasteiger partial charge is 0.119 e. The van der Waals surface area contributed by atoms with Gasteiger partial charge in [-0.05, 0) is 48.2 Å². The third-order valence-electron chi connectivity index (χ3n) is 3.88. The fourth-order valence-electron chi connectivity index (χ4n) is 2.57. The number of benzene rings is 2. The van der Waals surface area contributed by atoms with Gasteiger partial charge in [-0.15, -0.1) is 0 Å². The molecule has 1 atom stereocenters. The minimum atomic E-state index is 0.351. The van der Waals surface area contributed by atoms with Gasteiger partial charge in [0, 0.05) is 17.9 Å². The third-order valence-corrected chi connectivity index (χ3v) is 4.13. The van der Waals surface area contributed by atoms with E-state index in [1.165, 1.54) is 11.1 Å². The van der Waals surface area contributed by atoms with E-state index in [0.29, 0.717) is 19.1 Å². The minimum absolute atomic E-state index is 0.351. The molecule has 0 aliphatic heterocycles. The molecule has 2 aromatic carbocycles. The molecule has 0 spiro atoms. The Hall–Kier alpha value is -1.93. The second kappa shape index (κ2) is 9.39. The number of ether oxygens (including phenoxy) is 2. The molecule has 0 aliphatic carbocycles. The van der Waals surface area contributed by atoms with Crippen LogP contribution in [0.25, 0.3) is 0 Å². The second-order valence-corrected chi connectivity index (χ2v) is 6.31. The predicted molar refractivity (Wildman–Crippen MR) is 101 cm³/mol. The molecular formula is C21H25ClO2. The lowest BCUT2D eigenvalue weighted by atomic mass is 9.97. The molecule has 2 nitrogen and oxygen atoms in total. The summed E-state index contributed by atoms with van der Waals surface area (Å²) >= 11 is 5.90. The highest BCUT2D eigenvalue weighted by Gasteiger charge is 2.09. The van der Waals surface area contributed by atoms with Crippen LogP contribution in [-0.2, 0) is 11.2 Å². The third kappa shape index (κ3) is 5.93. The van der Waals surface area contributed by atoms with Crippen LogP contribution < -0.4 is 4.74 Å². The Bertz CT molecular complexity index is 649. The van der Waals surface area contributed by atoms with E-state index < -0.39 is 0 Å². The van der Waals surface area contributed by atoms with Gasteiger partial charge in [0.25, 0.3) is 0 Å². The Morgan fingerprint density at radius 3 is 2.62 bits per heavy atom. The molecule has 0 fully saturated rings. The molecule has 0 saturated carbocycles. The summed E-state index contributed by atoms with van der Waals surface area (Å²) in [6, 6.07) is 16.1. The quantitative estimate of drug-likeness (QED) is 0.519. The highest BCUT2D eigenvalue weighted by atomic mass is 35.5. The van der Waals surface area contributed by atoms with Gasteiger partial charge in [0.1, 0.15) is 5.75 Å². The van der Waals surface area contributed by atoms with Crippen molar-refractivity contribution >= 4 is 11.6 Å². The molecule has 0 aromatic heterocycles. The summed E-state index contributed by atoms with van der Waals surface area (Å²) in [4.78, 5) is 0. The summed E-state index contributed by atoms with van der Waals surface area (Å²) in [6.07, 6.45) is 1.68. The van der Waals surface area contributed by atoms with Gasteiger partial charge in [-0.2, -0.15) is 0 Å². The SMILES string of the molecule is C=C(CC(C)c1cccc(OCCc2ccc(Cl)cc2)c1)OCC. The van der Waals surface area contributed by atoms with Gasteiger partial charge in [0.05, 0.1) is 19.0 Å². The lowest BCUT2D eigenvalue weighted by Crippen LogP contribution is -2.03. The molecule has 0 bridgehead atoms. The first-order valence-electron chi connectivity index (χ1n) is 8.36. The van der Waals surface area contributed by atoms with E-state index in [1.54, 1.807) is 0 Å². The van der Waals surface area contributed by atoms with Crippen LogP contribution in [0.3, 0.4) is 0 Å². The first-order valence-corrected chi connectivity index (χ1v) is 8.74. The molecule has 128 valence electrons. The molecule has 0 aliphatic rings. The van der Waals surface area contributed by atoms with E-state index in [9.17, 15) is 0 Å². The standard InChI is InChI=1S/C21H25ClO2/c1-4-23-17(3)14-16(2)19-6-5-7-21(15-19)24-13-12-18-8-10-20(22)11-9-18/h5-11,15-16H,3-4,12-14H2,1-2H3. The van der Waals surface area contributed by atoms with E-state index in [4.69, 9.17) is 21.1 Å². The molecule has 1 unspecified atom stereocenters. The molecule has 0 N–H and O–H groups in total. The van der Waals surface area contributed by atoms with Gasteiger partial charge in [-0.25, -0.2) is 0 Å². The number of halogens is 1. The van der Waals surface area contributed by atoms with Crippen molar-refractivity contribution in [1.82, 2.24) is 0 Å². The first-order chi connectivity index (χ1) is 11.6. The van der Waals surface area contributed by atoms with Crippen LogP contribution in [0, 0.1) is 0 Å². The Labute approximate surface area is 150 Å². The number of hydrogen-bond acceptors (Lipinski definition) is 2. The van der Waals surface area contributed by atoms with Crippen molar-refractivity contribution < 1.29 is 9.47 Å². The summed E-state index contributed by atoms with van der Waals surface area (Å²) in [7, 11) is 0. The van der Waals surface area contributed by atoms with Crippen LogP contribution >= 0.6 is 11.6 Å². The molecule has 2 rings (SSSR count). The summed E-state index contributed by atoms with van der Waals surface area (Å²) in [5.41, 5.74) is 2.46. The van der Waals surface area contributed by atoms with Gasteiger partial charge in [0.15, 0.2) is 0 Å². The summed E-state index contributed by atoms with van der Waals surface area (Å²) < 4.78 is 11.3. The van der Waals surface area contributed by atoms with Gasteiger partial charge in [-0.1, -0.05) is 49.4 Å². The van der Waals surface area contributed by atoms with E-state index >= 15 is 0 Å². The van der Waals surface area contributed by atoms with Gasteiger partial charge < -0.3 is 9.47 Å². The normalized spacial score (nSPS) is 11.8. The first kappa shape index (κ1) is 18.4. The van der Waals surface area contributed by atoms with Crippen LogP contribution in [-0.4, -0.2) is 13.2 Å². The lowest BCUT2D eigenvalue weighted by molar-refractivity contribution is 0.216. The van der Waals surface area contributed by atoms with Gasteiger partial charge >= 0.3 is 0 Å². The summed E-state index contributed by atoms with van der Waals surface area (Å²) in [5.74, 6) is 2.08. The van der Waals surface area contributed by atoms with Crippen molar-refractivity contribution in [3.63, 3.8) is 0 Å². The Balaban J connectivity index is 1.87. The van der Waals surface area contributed by atoms with Crippen LogP contribution in [0.4, 0.5) is 0 Å². The average Bonchev–Trinajstić information content (AvgIpc) is 2.57. The zero-order valence-corrected chi connectivity index (χ0v) is 15.2. The van der Waals surface area contributed by atoms with Gasteiger partial charge in [0.2, 0.25) is 0 Å². The predicted octanol–water partition coefficient (Wildman–Crippen LogP) is 6.01. The van der Waals surface area contributed by atoms with Crippen LogP contribution in [0.1, 0.15) is 37.3 Å². The highest BCUT2D eigenvalue weighted by molar-refractivity contribution is 6.30. The Kier molecular flexibility index (Phi) is 7.20. The van der Waals surface area contributed by atoms with Crippen LogP contribution in [0.15, 0.2) is 60.9 Å². The fourth-order valence-corrected chi connectivity index (χ4v) is 2.70. The molecule has 24 heavy (non-hydrogen) atoms. The minimum Gasteiger partial charge on any atom is -0.499 e. The molecule has 3 heteroatoms. The molecule has 0 amide bonds. The van der Waals surface area contributed by atoms with Crippen molar-refractivity contribution in [2.24, 2.45) is 0 Å². The average molecular weight is 345 g/mol. The molecule has 0 saturated heterocycles.